The van der Waals surface area contributed by atoms with Crippen molar-refractivity contribution in [1.29, 1.82) is 0 Å². The zero-order valence-electron chi connectivity index (χ0n) is 9.61. The van der Waals surface area contributed by atoms with E-state index in [1.807, 2.05) is 6.08 Å². The standard InChI is InChI=1S/C12H14FNO2S/c1-3-12(2)8-16-17(14-12)11-5-4-10(13)6-9(11)7-15-17/h3-6,14H,1,7-8H2,2H3/p+1. The summed E-state index contributed by atoms with van der Waals surface area (Å²) in [5.74, 6) is -0.228. The van der Waals surface area contributed by atoms with Crippen molar-refractivity contribution in [3.8, 4) is 0 Å². The second-order valence-electron chi connectivity index (χ2n) is 4.65. The van der Waals surface area contributed by atoms with Crippen molar-refractivity contribution in [2.24, 2.45) is 0 Å². The van der Waals surface area contributed by atoms with Crippen molar-refractivity contribution in [3.05, 3.63) is 42.2 Å². The van der Waals surface area contributed by atoms with Crippen LogP contribution in [0.25, 0.3) is 0 Å². The van der Waals surface area contributed by atoms with Gasteiger partial charge in [0.15, 0.2) is 5.54 Å². The van der Waals surface area contributed by atoms with Crippen LogP contribution in [0.15, 0.2) is 35.7 Å². The molecular formula is C12H15FNO2S+. The molecule has 1 saturated heterocycles. The van der Waals surface area contributed by atoms with Crippen LogP contribution < -0.4 is 4.72 Å². The van der Waals surface area contributed by atoms with E-state index in [1.54, 1.807) is 6.07 Å². The highest BCUT2D eigenvalue weighted by Crippen LogP contribution is 2.59. The lowest BCUT2D eigenvalue weighted by Crippen LogP contribution is -2.91. The molecule has 1 aromatic rings. The average Bonchev–Trinajstić information content (AvgIpc) is 2.83. The molecule has 0 aromatic heterocycles. The number of halogens is 1. The Morgan fingerprint density at radius 1 is 1.53 bits per heavy atom. The van der Waals surface area contributed by atoms with Gasteiger partial charge in [0.2, 0.25) is 0 Å². The summed E-state index contributed by atoms with van der Waals surface area (Å²) in [4.78, 5) is 0.990. The highest BCUT2D eigenvalue weighted by Gasteiger charge is 2.49. The Labute approximate surface area is 101 Å². The second-order valence-corrected chi connectivity index (χ2v) is 6.89. The summed E-state index contributed by atoms with van der Waals surface area (Å²) in [5.41, 5.74) is 0.732. The lowest BCUT2D eigenvalue weighted by atomic mass is 10.1. The molecular weight excluding hydrogens is 241 g/mol. The third-order valence-electron chi connectivity index (χ3n) is 3.15. The molecule has 3 rings (SSSR count). The molecule has 1 fully saturated rings. The summed E-state index contributed by atoms with van der Waals surface area (Å²) in [6.45, 7) is 6.88. The van der Waals surface area contributed by atoms with Crippen LogP contribution >= 0.6 is 10.8 Å². The first-order valence-electron chi connectivity index (χ1n) is 5.47. The molecule has 92 valence electrons. The monoisotopic (exact) mass is 256 g/mol. The quantitative estimate of drug-likeness (QED) is 0.778. The van der Waals surface area contributed by atoms with Crippen LogP contribution in [-0.2, 0) is 15.0 Å². The zero-order chi connectivity index (χ0) is 12.1. The van der Waals surface area contributed by atoms with Crippen molar-refractivity contribution in [2.45, 2.75) is 24.0 Å². The van der Waals surface area contributed by atoms with E-state index in [1.165, 1.54) is 12.1 Å². The fourth-order valence-electron chi connectivity index (χ4n) is 2.09. The summed E-state index contributed by atoms with van der Waals surface area (Å²) in [6, 6.07) is 4.76. The highest BCUT2D eigenvalue weighted by molar-refractivity contribution is 8.20. The van der Waals surface area contributed by atoms with E-state index >= 15 is 0 Å². The van der Waals surface area contributed by atoms with Gasteiger partial charge >= 0.3 is 0 Å². The summed E-state index contributed by atoms with van der Waals surface area (Å²) in [5, 5.41) is 0. The van der Waals surface area contributed by atoms with Crippen LogP contribution in [0.1, 0.15) is 12.5 Å². The minimum atomic E-state index is -1.78. The Bertz CT molecular complexity index is 495. The molecule has 0 radical (unpaired) electrons. The first-order chi connectivity index (χ1) is 8.07. The molecule has 3 nitrogen and oxygen atoms in total. The van der Waals surface area contributed by atoms with Crippen LogP contribution in [-0.4, -0.2) is 12.1 Å². The van der Waals surface area contributed by atoms with Crippen LogP contribution in [0.4, 0.5) is 4.39 Å². The maximum absolute atomic E-state index is 13.1. The molecule has 1 aromatic carbocycles. The van der Waals surface area contributed by atoms with E-state index in [9.17, 15) is 4.39 Å². The predicted molar refractivity (Wildman–Crippen MR) is 63.5 cm³/mol. The van der Waals surface area contributed by atoms with Gasteiger partial charge in [-0.2, -0.15) is 0 Å². The molecule has 0 aliphatic carbocycles. The van der Waals surface area contributed by atoms with Gasteiger partial charge in [0, 0.05) is 5.56 Å². The number of fused-ring (bicyclic) bond motifs is 2. The number of hydrogen-bond donors (Lipinski definition) is 1. The Morgan fingerprint density at radius 2 is 2.35 bits per heavy atom. The lowest BCUT2D eigenvalue weighted by molar-refractivity contribution is -0.557. The van der Waals surface area contributed by atoms with Crippen LogP contribution in [0.2, 0.25) is 0 Å². The largest absolute Gasteiger partial charge is 0.234 e. The first-order valence-corrected chi connectivity index (χ1v) is 7.02. The van der Waals surface area contributed by atoms with E-state index in [2.05, 4.69) is 18.2 Å². The highest BCUT2D eigenvalue weighted by atomic mass is 32.3. The summed E-state index contributed by atoms with van der Waals surface area (Å²) >= 11 is 0. The fraction of sp³-hybridized carbons (Fsp3) is 0.333. The van der Waals surface area contributed by atoms with Gasteiger partial charge in [0.25, 0.3) is 0 Å². The number of quaternary nitrogens is 1. The topological polar surface area (TPSA) is 35.1 Å². The van der Waals surface area contributed by atoms with Crippen LogP contribution in [0, 0.1) is 5.82 Å². The molecule has 0 bridgehead atoms. The van der Waals surface area contributed by atoms with Gasteiger partial charge in [-0.3, -0.25) is 0 Å². The van der Waals surface area contributed by atoms with Crippen molar-refractivity contribution < 1.29 is 17.5 Å². The maximum Gasteiger partial charge on any atom is 0.159 e. The summed E-state index contributed by atoms with van der Waals surface area (Å²) < 4.78 is 26.9. The molecule has 0 amide bonds. The van der Waals surface area contributed by atoms with Gasteiger partial charge in [-0.1, -0.05) is 6.58 Å². The number of nitrogens with two attached hydrogens (primary N) is 1. The van der Waals surface area contributed by atoms with Crippen LogP contribution in [0.5, 0.6) is 0 Å². The minimum Gasteiger partial charge on any atom is -0.234 e. The van der Waals surface area contributed by atoms with E-state index < -0.39 is 10.8 Å². The SMILES string of the molecule is C=CC1(C)COS2([NH2+]1)OCc1cc(F)ccc12. The molecule has 2 heterocycles. The summed E-state index contributed by atoms with van der Waals surface area (Å²) in [6.07, 6.45) is 1.87. The summed E-state index contributed by atoms with van der Waals surface area (Å²) in [7, 11) is -1.78. The number of benzene rings is 1. The van der Waals surface area contributed by atoms with Gasteiger partial charge in [0.1, 0.15) is 23.9 Å². The normalized spacial score (nSPS) is 38.9. The van der Waals surface area contributed by atoms with Crippen LogP contribution in [0.3, 0.4) is 0 Å². The van der Waals surface area contributed by atoms with Gasteiger partial charge in [0.05, 0.1) is 0 Å². The smallest absolute Gasteiger partial charge is 0.159 e. The molecule has 2 aliphatic rings. The Balaban J connectivity index is 2.01. The molecule has 5 heteroatoms. The molecule has 1 spiro atoms. The molecule has 2 aliphatic heterocycles. The van der Waals surface area contributed by atoms with Crippen molar-refractivity contribution in [2.75, 3.05) is 6.61 Å². The van der Waals surface area contributed by atoms with Gasteiger partial charge in [-0.05, 0) is 42.0 Å². The number of rotatable bonds is 1. The lowest BCUT2D eigenvalue weighted by Gasteiger charge is -2.31. The Hall–Kier alpha value is -0.880. The molecule has 0 saturated carbocycles. The van der Waals surface area contributed by atoms with Crippen molar-refractivity contribution in [1.82, 2.24) is 0 Å². The van der Waals surface area contributed by atoms with E-state index in [-0.39, 0.29) is 11.4 Å². The van der Waals surface area contributed by atoms with Gasteiger partial charge in [-0.15, -0.1) is 0 Å². The molecule has 2 N–H and O–H groups in total. The molecule has 17 heavy (non-hydrogen) atoms. The number of hydrogen-bond acceptors (Lipinski definition) is 2. The van der Waals surface area contributed by atoms with Gasteiger partial charge in [-0.25, -0.2) is 17.5 Å². The predicted octanol–water partition coefficient (Wildman–Crippen LogP) is 1.80. The van der Waals surface area contributed by atoms with E-state index in [0.29, 0.717) is 13.2 Å². The van der Waals surface area contributed by atoms with Gasteiger partial charge < -0.3 is 0 Å². The Kier molecular flexibility index (Phi) is 2.35. The fourth-order valence-corrected chi connectivity index (χ4v) is 5.02. The first kappa shape index (κ1) is 11.2. The van der Waals surface area contributed by atoms with Crippen molar-refractivity contribution >= 4 is 10.8 Å². The Morgan fingerprint density at radius 3 is 3.06 bits per heavy atom. The second kappa shape index (κ2) is 3.55. The van der Waals surface area contributed by atoms with E-state index in [0.717, 1.165) is 10.5 Å². The average molecular weight is 256 g/mol. The zero-order valence-corrected chi connectivity index (χ0v) is 10.4. The molecule has 2 unspecified atom stereocenters. The van der Waals surface area contributed by atoms with E-state index in [4.69, 9.17) is 8.37 Å². The molecule has 2 atom stereocenters. The third-order valence-corrected chi connectivity index (χ3v) is 5.95. The maximum atomic E-state index is 13.1. The minimum absolute atomic E-state index is 0.161. The van der Waals surface area contributed by atoms with Crippen molar-refractivity contribution in [3.63, 3.8) is 0 Å². The third kappa shape index (κ3) is 1.62.